The molecule has 3 heteroatoms. The van der Waals surface area contributed by atoms with E-state index in [4.69, 9.17) is 4.42 Å². The van der Waals surface area contributed by atoms with Crippen LogP contribution in [0.25, 0.3) is 22.1 Å². The lowest BCUT2D eigenvalue weighted by molar-refractivity contribution is 0.170. The molecule has 0 radical (unpaired) electrons. The van der Waals surface area contributed by atoms with Crippen LogP contribution >= 0.6 is 0 Å². The first kappa shape index (κ1) is 17.1. The summed E-state index contributed by atoms with van der Waals surface area (Å²) in [6, 6.07) is 9.10. The van der Waals surface area contributed by atoms with E-state index in [0.717, 1.165) is 16.7 Å². The molecule has 1 aromatic carbocycles. The van der Waals surface area contributed by atoms with E-state index in [1.54, 1.807) is 0 Å². The minimum Gasteiger partial charge on any atom is -0.436 e. The lowest BCUT2D eigenvalue weighted by atomic mass is 9.68. The molecule has 0 N–H and O–H groups in total. The van der Waals surface area contributed by atoms with E-state index in [0.29, 0.717) is 11.5 Å². The fourth-order valence-corrected chi connectivity index (χ4v) is 6.30. The highest BCUT2D eigenvalue weighted by Gasteiger charge is 2.54. The molecule has 1 saturated carbocycles. The van der Waals surface area contributed by atoms with Crippen LogP contribution in [0, 0.1) is 12.3 Å². The van der Waals surface area contributed by atoms with Gasteiger partial charge >= 0.3 is 0 Å². The van der Waals surface area contributed by atoms with Gasteiger partial charge in [0.05, 0.1) is 5.69 Å². The molecule has 3 heterocycles. The minimum absolute atomic E-state index is 0.127. The van der Waals surface area contributed by atoms with Gasteiger partial charge in [0, 0.05) is 28.6 Å². The van der Waals surface area contributed by atoms with Gasteiger partial charge in [0.1, 0.15) is 0 Å². The number of hydrogen-bond acceptors (Lipinski definition) is 3. The van der Waals surface area contributed by atoms with Gasteiger partial charge in [-0.05, 0) is 70.1 Å². The third kappa shape index (κ3) is 2.36. The molecule has 142 valence electrons. The number of nitrogens with zero attached hydrogens (tertiary/aromatic N) is 2. The standard InChI is InChI=1S/C24H30N2O/c1-16-10-11-18-19-9-8-14-25-22(19)27-21(18)20(16)26-17(2)24(15-23(26,3)4)12-6-5-7-13-24/h8-11,14,17H,5-7,12-13,15H2,1-4H3/t17-/m0/s1. The maximum Gasteiger partial charge on any atom is 0.227 e. The van der Waals surface area contributed by atoms with Crippen LogP contribution < -0.4 is 4.90 Å². The number of fused-ring (bicyclic) bond motifs is 3. The van der Waals surface area contributed by atoms with Crippen molar-refractivity contribution < 1.29 is 4.42 Å². The summed E-state index contributed by atoms with van der Waals surface area (Å²) in [5, 5.41) is 2.30. The molecule has 0 bridgehead atoms. The Hall–Kier alpha value is -2.03. The smallest absolute Gasteiger partial charge is 0.227 e. The lowest BCUT2D eigenvalue weighted by Gasteiger charge is -2.41. The van der Waals surface area contributed by atoms with E-state index in [1.807, 2.05) is 12.3 Å². The van der Waals surface area contributed by atoms with Crippen molar-refractivity contribution in [1.82, 2.24) is 4.98 Å². The van der Waals surface area contributed by atoms with Crippen molar-refractivity contribution in [2.24, 2.45) is 5.41 Å². The molecule has 0 unspecified atom stereocenters. The number of furan rings is 1. The Labute approximate surface area is 161 Å². The molecule has 27 heavy (non-hydrogen) atoms. The third-order valence-electron chi connectivity index (χ3n) is 7.39. The molecule has 1 spiro atoms. The first-order valence-electron chi connectivity index (χ1n) is 10.5. The van der Waals surface area contributed by atoms with Crippen LogP contribution in [0.1, 0.15) is 64.9 Å². The Kier molecular flexibility index (Phi) is 3.63. The predicted octanol–water partition coefficient (Wildman–Crippen LogP) is 6.62. The molecular formula is C24H30N2O. The highest BCUT2D eigenvalue weighted by Crippen LogP contribution is 2.57. The number of anilines is 1. The fraction of sp³-hybridized carbons (Fsp3) is 0.542. The van der Waals surface area contributed by atoms with Crippen molar-refractivity contribution in [3.05, 3.63) is 36.0 Å². The van der Waals surface area contributed by atoms with Crippen molar-refractivity contribution in [3.63, 3.8) is 0 Å². The van der Waals surface area contributed by atoms with Gasteiger partial charge in [-0.25, -0.2) is 4.98 Å². The van der Waals surface area contributed by atoms with Crippen LogP contribution in [-0.2, 0) is 0 Å². The number of hydrogen-bond donors (Lipinski definition) is 0. The molecule has 2 aromatic heterocycles. The van der Waals surface area contributed by atoms with Gasteiger partial charge < -0.3 is 9.32 Å². The van der Waals surface area contributed by atoms with Crippen LogP contribution in [0.3, 0.4) is 0 Å². The molecule has 1 aliphatic carbocycles. The molecule has 3 nitrogen and oxygen atoms in total. The number of rotatable bonds is 1. The van der Waals surface area contributed by atoms with Crippen LogP contribution in [0.4, 0.5) is 5.69 Å². The van der Waals surface area contributed by atoms with Crippen molar-refractivity contribution in [2.45, 2.75) is 77.8 Å². The zero-order chi connectivity index (χ0) is 18.8. The molecule has 1 saturated heterocycles. The predicted molar refractivity (Wildman–Crippen MR) is 112 cm³/mol. The molecule has 2 aliphatic rings. The minimum atomic E-state index is 0.127. The molecular weight excluding hydrogens is 332 g/mol. The summed E-state index contributed by atoms with van der Waals surface area (Å²) in [6.07, 6.45) is 9.98. The Bertz CT molecular complexity index is 1010. The van der Waals surface area contributed by atoms with Crippen LogP contribution in [0.15, 0.2) is 34.9 Å². The first-order valence-corrected chi connectivity index (χ1v) is 10.5. The summed E-state index contributed by atoms with van der Waals surface area (Å²) in [5.74, 6) is 0. The summed E-state index contributed by atoms with van der Waals surface area (Å²) in [4.78, 5) is 7.16. The first-order chi connectivity index (χ1) is 12.9. The van der Waals surface area contributed by atoms with Gasteiger partial charge in [-0.3, -0.25) is 0 Å². The van der Waals surface area contributed by atoms with E-state index in [2.05, 4.69) is 55.8 Å². The number of pyridine rings is 1. The van der Waals surface area contributed by atoms with E-state index in [1.165, 1.54) is 55.2 Å². The maximum atomic E-state index is 6.34. The highest BCUT2D eigenvalue weighted by molar-refractivity contribution is 6.08. The molecule has 1 atom stereocenters. The second kappa shape index (κ2) is 5.73. The number of benzene rings is 1. The van der Waals surface area contributed by atoms with Gasteiger partial charge in [0.15, 0.2) is 5.58 Å². The summed E-state index contributed by atoms with van der Waals surface area (Å²) in [6.45, 7) is 9.53. The van der Waals surface area contributed by atoms with E-state index >= 15 is 0 Å². The van der Waals surface area contributed by atoms with Crippen LogP contribution in [-0.4, -0.2) is 16.6 Å². The van der Waals surface area contributed by atoms with E-state index in [9.17, 15) is 0 Å². The topological polar surface area (TPSA) is 29.3 Å². The SMILES string of the molecule is Cc1ccc2c(oc3ncccc32)c1N1[C@@H](C)C2(CCCCC2)CC1(C)C. The molecule has 5 rings (SSSR count). The average molecular weight is 363 g/mol. The summed E-state index contributed by atoms with van der Waals surface area (Å²) >= 11 is 0. The number of aryl methyl sites for hydroxylation is 1. The largest absolute Gasteiger partial charge is 0.436 e. The Morgan fingerprint density at radius 3 is 2.63 bits per heavy atom. The van der Waals surface area contributed by atoms with Crippen molar-refractivity contribution in [1.29, 1.82) is 0 Å². The van der Waals surface area contributed by atoms with Crippen LogP contribution in [0.2, 0.25) is 0 Å². The monoisotopic (exact) mass is 362 g/mol. The zero-order valence-corrected chi connectivity index (χ0v) is 17.0. The van der Waals surface area contributed by atoms with Crippen molar-refractivity contribution in [3.8, 4) is 0 Å². The Balaban J connectivity index is 1.73. The van der Waals surface area contributed by atoms with Gasteiger partial charge in [-0.1, -0.05) is 31.4 Å². The number of aromatic nitrogens is 1. The average Bonchev–Trinajstić information content (AvgIpc) is 3.10. The normalized spacial score (nSPS) is 24.3. The van der Waals surface area contributed by atoms with Crippen molar-refractivity contribution in [2.75, 3.05) is 4.90 Å². The second-order valence-corrected chi connectivity index (χ2v) is 9.52. The van der Waals surface area contributed by atoms with Gasteiger partial charge in [0.2, 0.25) is 5.71 Å². The maximum absolute atomic E-state index is 6.34. The quantitative estimate of drug-likeness (QED) is 0.487. The fourth-order valence-electron chi connectivity index (χ4n) is 6.30. The van der Waals surface area contributed by atoms with E-state index in [-0.39, 0.29) is 5.54 Å². The van der Waals surface area contributed by atoms with Gasteiger partial charge in [-0.15, -0.1) is 0 Å². The molecule has 0 amide bonds. The summed E-state index contributed by atoms with van der Waals surface area (Å²) in [7, 11) is 0. The van der Waals surface area contributed by atoms with Gasteiger partial charge in [-0.2, -0.15) is 0 Å². The van der Waals surface area contributed by atoms with E-state index < -0.39 is 0 Å². The van der Waals surface area contributed by atoms with Gasteiger partial charge in [0.25, 0.3) is 0 Å². The lowest BCUT2D eigenvalue weighted by Crippen LogP contribution is -2.44. The molecule has 3 aromatic rings. The molecule has 1 aliphatic heterocycles. The summed E-state index contributed by atoms with van der Waals surface area (Å²) in [5.41, 5.74) is 4.91. The van der Waals surface area contributed by atoms with Crippen molar-refractivity contribution >= 4 is 27.8 Å². The second-order valence-electron chi connectivity index (χ2n) is 9.52. The summed E-state index contributed by atoms with van der Waals surface area (Å²) < 4.78 is 6.34. The zero-order valence-electron chi connectivity index (χ0n) is 17.0. The Morgan fingerprint density at radius 1 is 1.07 bits per heavy atom. The molecule has 2 fully saturated rings. The highest BCUT2D eigenvalue weighted by atomic mass is 16.3. The Morgan fingerprint density at radius 2 is 1.85 bits per heavy atom. The van der Waals surface area contributed by atoms with Crippen LogP contribution in [0.5, 0.6) is 0 Å². The third-order valence-corrected chi connectivity index (χ3v) is 7.39.